The summed E-state index contributed by atoms with van der Waals surface area (Å²) in [7, 11) is 1.40. The van der Waals surface area contributed by atoms with Crippen LogP contribution in [-0.4, -0.2) is 23.3 Å². The molecule has 0 saturated heterocycles. The molecule has 0 unspecified atom stereocenters. The summed E-state index contributed by atoms with van der Waals surface area (Å²) in [6, 6.07) is 2.83. The molecule has 0 saturated carbocycles. The average Bonchev–Trinajstić information content (AvgIpc) is 2.28. The lowest BCUT2D eigenvalue weighted by Gasteiger charge is -2.11. The van der Waals surface area contributed by atoms with Crippen LogP contribution in [0.2, 0.25) is 0 Å². The molecule has 1 rings (SSSR count). The van der Waals surface area contributed by atoms with E-state index in [9.17, 15) is 9.90 Å². The number of aromatic hydroxyl groups is 1. The molecule has 0 spiro atoms. The normalized spacial score (nSPS) is 10.2. The van der Waals surface area contributed by atoms with Crippen LogP contribution in [0.1, 0.15) is 42.1 Å². The van der Waals surface area contributed by atoms with Gasteiger partial charge in [0.2, 0.25) is 0 Å². The van der Waals surface area contributed by atoms with Crippen molar-refractivity contribution in [1.29, 1.82) is 0 Å². The minimum atomic E-state index is -1.02. The molecule has 0 atom stereocenters. The zero-order chi connectivity index (χ0) is 12.8. The van der Waals surface area contributed by atoms with E-state index < -0.39 is 5.97 Å². The lowest BCUT2D eigenvalue weighted by molar-refractivity contribution is 0.0692. The van der Waals surface area contributed by atoms with Gasteiger partial charge >= 0.3 is 5.97 Å². The number of hydrogen-bond acceptors (Lipinski definition) is 3. The molecule has 0 aliphatic rings. The van der Waals surface area contributed by atoms with E-state index in [2.05, 4.69) is 6.92 Å². The maximum Gasteiger partial charge on any atom is 0.339 e. The predicted octanol–water partition coefficient (Wildman–Crippen LogP) is 2.83. The number of carboxylic acids is 1. The first-order chi connectivity index (χ1) is 8.10. The molecule has 2 N–H and O–H groups in total. The Morgan fingerprint density at radius 1 is 1.35 bits per heavy atom. The van der Waals surface area contributed by atoms with Crippen molar-refractivity contribution in [2.24, 2.45) is 0 Å². The van der Waals surface area contributed by atoms with E-state index in [4.69, 9.17) is 9.84 Å². The van der Waals surface area contributed by atoms with E-state index in [1.807, 2.05) is 0 Å². The molecule has 0 aromatic heterocycles. The van der Waals surface area contributed by atoms with E-state index in [1.165, 1.54) is 19.2 Å². The van der Waals surface area contributed by atoms with Crippen LogP contribution in [0.5, 0.6) is 11.5 Å². The van der Waals surface area contributed by atoms with Gasteiger partial charge in [0.1, 0.15) is 17.1 Å². The minimum absolute atomic E-state index is 0.0401. The molecule has 17 heavy (non-hydrogen) atoms. The summed E-state index contributed by atoms with van der Waals surface area (Å²) >= 11 is 0. The number of aryl methyl sites for hydroxylation is 1. The number of benzene rings is 1. The summed E-state index contributed by atoms with van der Waals surface area (Å²) in [6.07, 6.45) is 3.65. The zero-order valence-corrected chi connectivity index (χ0v) is 10.2. The van der Waals surface area contributed by atoms with Gasteiger partial charge in [0.25, 0.3) is 0 Å². The fraction of sp³-hybridized carbons (Fsp3) is 0.462. The smallest absolute Gasteiger partial charge is 0.339 e. The predicted molar refractivity (Wildman–Crippen MR) is 64.8 cm³/mol. The number of ether oxygens (including phenoxy) is 1. The molecule has 0 bridgehead atoms. The van der Waals surface area contributed by atoms with Crippen molar-refractivity contribution in [2.75, 3.05) is 7.11 Å². The second-order valence-corrected chi connectivity index (χ2v) is 3.94. The van der Waals surface area contributed by atoms with Crippen molar-refractivity contribution < 1.29 is 19.7 Å². The third kappa shape index (κ3) is 3.37. The standard InChI is InChI=1S/C13H18O4/c1-3-4-5-6-9-7-10(14)8-11(17-2)12(9)13(15)16/h7-8,14H,3-6H2,1-2H3,(H,15,16). The number of phenols is 1. The summed E-state index contributed by atoms with van der Waals surface area (Å²) in [6.45, 7) is 2.08. The molecule has 4 heteroatoms. The van der Waals surface area contributed by atoms with Crippen molar-refractivity contribution in [3.8, 4) is 11.5 Å². The lowest BCUT2D eigenvalue weighted by atomic mass is 10.00. The van der Waals surface area contributed by atoms with Crippen LogP contribution in [0.4, 0.5) is 0 Å². The molecule has 0 aliphatic heterocycles. The maximum absolute atomic E-state index is 11.2. The first-order valence-electron chi connectivity index (χ1n) is 5.73. The Morgan fingerprint density at radius 3 is 2.59 bits per heavy atom. The van der Waals surface area contributed by atoms with Crippen molar-refractivity contribution in [1.82, 2.24) is 0 Å². The van der Waals surface area contributed by atoms with E-state index in [1.54, 1.807) is 0 Å². The van der Waals surface area contributed by atoms with E-state index >= 15 is 0 Å². The molecule has 0 heterocycles. The van der Waals surface area contributed by atoms with Crippen LogP contribution in [-0.2, 0) is 6.42 Å². The number of methoxy groups -OCH3 is 1. The Labute approximate surface area is 101 Å². The third-order valence-corrected chi connectivity index (χ3v) is 2.65. The van der Waals surface area contributed by atoms with Crippen LogP contribution in [0.15, 0.2) is 12.1 Å². The molecule has 1 aromatic rings. The molecule has 0 radical (unpaired) electrons. The third-order valence-electron chi connectivity index (χ3n) is 2.65. The molecular weight excluding hydrogens is 220 g/mol. The highest BCUT2D eigenvalue weighted by atomic mass is 16.5. The van der Waals surface area contributed by atoms with Gasteiger partial charge in [-0.15, -0.1) is 0 Å². The average molecular weight is 238 g/mol. The number of unbranched alkanes of at least 4 members (excludes halogenated alkanes) is 2. The fourth-order valence-electron chi connectivity index (χ4n) is 1.82. The number of phenolic OH excluding ortho intramolecular Hbond substituents is 1. The molecule has 1 aromatic carbocycles. The number of carbonyl (C=O) groups is 1. The summed E-state index contributed by atoms with van der Waals surface area (Å²) in [5, 5.41) is 18.7. The molecule has 0 fully saturated rings. The van der Waals surface area contributed by atoms with E-state index in [0.29, 0.717) is 12.0 Å². The SMILES string of the molecule is CCCCCc1cc(O)cc(OC)c1C(=O)O. The number of carboxylic acid groups (broad SMARTS) is 1. The Bertz CT molecular complexity index is 399. The fourth-order valence-corrected chi connectivity index (χ4v) is 1.82. The van der Waals surface area contributed by atoms with Crippen LogP contribution in [0.3, 0.4) is 0 Å². The van der Waals surface area contributed by atoms with E-state index in [0.717, 1.165) is 19.3 Å². The van der Waals surface area contributed by atoms with Crippen LogP contribution >= 0.6 is 0 Å². The molecular formula is C13H18O4. The largest absolute Gasteiger partial charge is 0.508 e. The summed E-state index contributed by atoms with van der Waals surface area (Å²) in [5.74, 6) is -0.768. The second kappa shape index (κ2) is 6.13. The number of rotatable bonds is 6. The topological polar surface area (TPSA) is 66.8 Å². The van der Waals surface area contributed by atoms with Crippen LogP contribution in [0, 0.1) is 0 Å². The second-order valence-electron chi connectivity index (χ2n) is 3.94. The maximum atomic E-state index is 11.2. The number of hydrogen-bond donors (Lipinski definition) is 2. The Morgan fingerprint density at radius 2 is 2.06 bits per heavy atom. The van der Waals surface area contributed by atoms with Gasteiger partial charge in [-0.2, -0.15) is 0 Å². The van der Waals surface area contributed by atoms with Gasteiger partial charge in [-0.25, -0.2) is 4.79 Å². The highest BCUT2D eigenvalue weighted by Crippen LogP contribution is 2.29. The highest BCUT2D eigenvalue weighted by molar-refractivity contribution is 5.93. The van der Waals surface area contributed by atoms with Crippen molar-refractivity contribution >= 4 is 5.97 Å². The van der Waals surface area contributed by atoms with Gasteiger partial charge in [-0.3, -0.25) is 0 Å². The Hall–Kier alpha value is -1.71. The lowest BCUT2D eigenvalue weighted by Crippen LogP contribution is -2.05. The van der Waals surface area contributed by atoms with E-state index in [-0.39, 0.29) is 17.1 Å². The molecule has 4 nitrogen and oxygen atoms in total. The Balaban J connectivity index is 3.07. The van der Waals surface area contributed by atoms with Gasteiger partial charge < -0.3 is 14.9 Å². The molecule has 0 amide bonds. The number of aromatic carboxylic acids is 1. The monoisotopic (exact) mass is 238 g/mol. The van der Waals surface area contributed by atoms with Gasteiger partial charge in [-0.05, 0) is 24.5 Å². The summed E-state index contributed by atoms with van der Waals surface area (Å²) < 4.78 is 4.99. The zero-order valence-electron chi connectivity index (χ0n) is 10.2. The first-order valence-corrected chi connectivity index (χ1v) is 5.73. The van der Waals surface area contributed by atoms with Crippen LogP contribution < -0.4 is 4.74 Å². The summed E-state index contributed by atoms with van der Waals surface area (Å²) in [4.78, 5) is 11.2. The quantitative estimate of drug-likeness (QED) is 0.748. The first kappa shape index (κ1) is 13.4. The van der Waals surface area contributed by atoms with Gasteiger partial charge in [0, 0.05) is 6.07 Å². The van der Waals surface area contributed by atoms with Crippen molar-refractivity contribution in [3.63, 3.8) is 0 Å². The van der Waals surface area contributed by atoms with Crippen molar-refractivity contribution in [2.45, 2.75) is 32.6 Å². The van der Waals surface area contributed by atoms with Gasteiger partial charge in [0.05, 0.1) is 7.11 Å². The van der Waals surface area contributed by atoms with Gasteiger partial charge in [0.15, 0.2) is 0 Å². The minimum Gasteiger partial charge on any atom is -0.508 e. The molecule has 94 valence electrons. The molecule has 0 aliphatic carbocycles. The Kier molecular flexibility index (Phi) is 4.82. The van der Waals surface area contributed by atoms with Gasteiger partial charge in [-0.1, -0.05) is 19.8 Å². The van der Waals surface area contributed by atoms with Crippen LogP contribution in [0.25, 0.3) is 0 Å². The highest BCUT2D eigenvalue weighted by Gasteiger charge is 2.17. The van der Waals surface area contributed by atoms with Crippen molar-refractivity contribution in [3.05, 3.63) is 23.3 Å². The summed E-state index contributed by atoms with van der Waals surface area (Å²) in [5.41, 5.74) is 0.782.